The maximum absolute atomic E-state index is 9.56. The number of rotatable bonds is 4. The molecular weight excluding hydrogens is 418 g/mol. The molecule has 0 atom stereocenters. The number of nitrogen functional groups attached to an aromatic ring is 1. The molecule has 0 aromatic heterocycles. The molecule has 1 aliphatic heterocycles. The van der Waals surface area contributed by atoms with Crippen LogP contribution in [0, 0.1) is 5.41 Å². The minimum absolute atomic E-state index is 0.201. The van der Waals surface area contributed by atoms with Gasteiger partial charge in [-0.25, -0.2) is 0 Å². The van der Waals surface area contributed by atoms with Crippen molar-refractivity contribution in [2.45, 2.75) is 13.8 Å². The third-order valence-electron chi connectivity index (χ3n) is 3.05. The van der Waals surface area contributed by atoms with Gasteiger partial charge in [0.25, 0.3) is 20.2 Å². The van der Waals surface area contributed by atoms with Gasteiger partial charge < -0.3 is 15.4 Å². The van der Waals surface area contributed by atoms with Crippen LogP contribution < -0.4 is 15.4 Å². The third-order valence-corrected chi connectivity index (χ3v) is 5.39. The molecule has 1 aromatic carbocycles. The van der Waals surface area contributed by atoms with Crippen LogP contribution >= 0.6 is 11.8 Å². The Morgan fingerprint density at radius 2 is 1.67 bits per heavy atom. The summed E-state index contributed by atoms with van der Waals surface area (Å²) in [6.45, 7) is 3.59. The molecule has 0 bridgehead atoms. The molecule has 1 aromatic rings. The second-order valence-electron chi connectivity index (χ2n) is 4.97. The van der Waals surface area contributed by atoms with Gasteiger partial charge in [-0.1, -0.05) is 11.8 Å². The van der Waals surface area contributed by atoms with Gasteiger partial charge in [0.05, 0.1) is 30.0 Å². The Bertz CT molecular complexity index is 794. The van der Waals surface area contributed by atoms with Gasteiger partial charge in [0.15, 0.2) is 5.17 Å². The first-order valence-corrected chi connectivity index (χ1v) is 11.9. The summed E-state index contributed by atoms with van der Waals surface area (Å²) in [4.78, 5) is 1.92. The average Bonchev–Trinajstić information content (AvgIpc) is 3.00. The Balaban J connectivity index is 0.000000470. The van der Waals surface area contributed by atoms with Crippen LogP contribution in [0.25, 0.3) is 0 Å². The molecule has 0 unspecified atom stereocenters. The fourth-order valence-corrected chi connectivity index (χ4v) is 2.36. The number of methoxy groups -OCH3 is 1. The number of hydrogen-bond donors (Lipinski definition) is 4. The second kappa shape index (κ2) is 11.3. The molecule has 0 spiro atoms. The number of nitrogens with one attached hydrogen (secondary N) is 1. The number of benzene rings is 1. The minimum Gasteiger partial charge on any atom is -0.497 e. The monoisotopic (exact) mass is 443 g/mol. The van der Waals surface area contributed by atoms with E-state index in [4.69, 9.17) is 25.0 Å². The molecule has 10 nitrogen and oxygen atoms in total. The SMILES string of the molecule is CCS(=O)(=O)O.CCS(=O)(=O)O.COc1ccc(N2CCSC2=N)c(N)c1. The molecule has 1 aliphatic rings. The van der Waals surface area contributed by atoms with E-state index >= 15 is 0 Å². The zero-order valence-corrected chi connectivity index (χ0v) is 17.7. The Kier molecular flexibility index (Phi) is 10.7. The van der Waals surface area contributed by atoms with Gasteiger partial charge in [-0.15, -0.1) is 0 Å². The molecule has 1 fully saturated rings. The minimum atomic E-state index is -3.66. The Hall–Kier alpha value is -1.54. The smallest absolute Gasteiger partial charge is 0.264 e. The summed E-state index contributed by atoms with van der Waals surface area (Å²) in [7, 11) is -5.71. The van der Waals surface area contributed by atoms with Gasteiger partial charge in [-0.3, -0.25) is 14.5 Å². The standard InChI is InChI=1S/C10H13N3OS.2C2H6O3S/c1-14-7-2-3-9(8(11)6-7)13-4-5-15-10(13)12;2*1-2-6(3,4)5/h2-3,6,12H,4-5,11H2,1H3;2*2H2,1H3,(H,3,4,5). The highest BCUT2D eigenvalue weighted by Gasteiger charge is 2.21. The van der Waals surface area contributed by atoms with Gasteiger partial charge in [0.1, 0.15) is 5.75 Å². The summed E-state index contributed by atoms with van der Waals surface area (Å²) >= 11 is 1.54. The van der Waals surface area contributed by atoms with E-state index in [0.29, 0.717) is 10.9 Å². The lowest BCUT2D eigenvalue weighted by atomic mass is 10.2. The average molecular weight is 444 g/mol. The van der Waals surface area contributed by atoms with Crippen LogP contribution in [0.15, 0.2) is 18.2 Å². The summed E-state index contributed by atoms with van der Waals surface area (Å²) in [5, 5.41) is 8.30. The van der Waals surface area contributed by atoms with Crippen molar-refractivity contribution >= 4 is 48.5 Å². The molecule has 0 aliphatic carbocycles. The van der Waals surface area contributed by atoms with Gasteiger partial charge in [0.2, 0.25) is 0 Å². The number of nitrogens with two attached hydrogens (primary N) is 1. The summed E-state index contributed by atoms with van der Waals surface area (Å²) in [6, 6.07) is 5.54. The quantitative estimate of drug-likeness (QED) is 0.395. The largest absolute Gasteiger partial charge is 0.497 e. The summed E-state index contributed by atoms with van der Waals surface area (Å²) < 4.78 is 58.9. The highest BCUT2D eigenvalue weighted by molar-refractivity contribution is 8.14. The van der Waals surface area contributed by atoms with Gasteiger partial charge in [-0.05, 0) is 26.0 Å². The Morgan fingerprint density at radius 3 is 1.96 bits per heavy atom. The molecule has 1 saturated heterocycles. The fraction of sp³-hybridized carbons (Fsp3) is 0.500. The number of nitrogens with zero attached hydrogens (tertiary/aromatic N) is 1. The van der Waals surface area contributed by atoms with E-state index < -0.39 is 20.2 Å². The molecule has 27 heavy (non-hydrogen) atoms. The van der Waals surface area contributed by atoms with E-state index in [9.17, 15) is 16.8 Å². The van der Waals surface area contributed by atoms with Crippen LogP contribution in [0.4, 0.5) is 11.4 Å². The molecular formula is C14H25N3O7S3. The zero-order chi connectivity index (χ0) is 21.3. The normalized spacial score (nSPS) is 14.0. The van der Waals surface area contributed by atoms with Crippen LogP contribution in [0.3, 0.4) is 0 Å². The topological polar surface area (TPSA) is 171 Å². The van der Waals surface area contributed by atoms with Gasteiger partial charge in [-0.2, -0.15) is 16.8 Å². The van der Waals surface area contributed by atoms with E-state index in [0.717, 1.165) is 23.7 Å². The zero-order valence-electron chi connectivity index (χ0n) is 15.2. The van der Waals surface area contributed by atoms with Crippen LogP contribution in [0.5, 0.6) is 5.75 Å². The molecule has 2 rings (SSSR count). The second-order valence-corrected chi connectivity index (χ2v) is 9.54. The summed E-state index contributed by atoms with van der Waals surface area (Å²) in [6.07, 6.45) is 0. The van der Waals surface area contributed by atoms with Crippen LogP contribution in [-0.4, -0.2) is 62.0 Å². The van der Waals surface area contributed by atoms with Gasteiger partial charge >= 0.3 is 0 Å². The Labute approximate surface area is 164 Å². The van der Waals surface area contributed by atoms with Crippen molar-refractivity contribution in [3.63, 3.8) is 0 Å². The summed E-state index contributed by atoms with van der Waals surface area (Å²) in [5.41, 5.74) is 7.46. The maximum atomic E-state index is 9.56. The predicted octanol–water partition coefficient (Wildman–Crippen LogP) is 1.55. The van der Waals surface area contributed by atoms with E-state index in [1.54, 1.807) is 24.9 Å². The first-order valence-electron chi connectivity index (χ1n) is 7.67. The van der Waals surface area contributed by atoms with E-state index in [-0.39, 0.29) is 11.5 Å². The van der Waals surface area contributed by atoms with Crippen molar-refractivity contribution in [1.82, 2.24) is 0 Å². The Morgan fingerprint density at radius 1 is 1.19 bits per heavy atom. The van der Waals surface area contributed by atoms with Crippen LogP contribution in [0.2, 0.25) is 0 Å². The fourth-order valence-electron chi connectivity index (χ4n) is 1.55. The maximum Gasteiger partial charge on any atom is 0.264 e. The molecule has 5 N–H and O–H groups in total. The first-order chi connectivity index (χ1) is 12.3. The van der Waals surface area contributed by atoms with E-state index in [1.165, 1.54) is 13.8 Å². The van der Waals surface area contributed by atoms with Crippen molar-refractivity contribution < 1.29 is 30.7 Å². The lowest BCUT2D eigenvalue weighted by Gasteiger charge is -2.19. The highest BCUT2D eigenvalue weighted by atomic mass is 32.2. The number of amidine groups is 1. The first kappa shape index (κ1) is 25.5. The number of anilines is 2. The highest BCUT2D eigenvalue weighted by Crippen LogP contribution is 2.31. The lowest BCUT2D eigenvalue weighted by molar-refractivity contribution is 0.415. The van der Waals surface area contributed by atoms with E-state index in [1.807, 2.05) is 17.0 Å². The van der Waals surface area contributed by atoms with Gasteiger partial charge in [0, 0.05) is 18.4 Å². The molecule has 0 saturated carbocycles. The third kappa shape index (κ3) is 11.0. The molecule has 0 radical (unpaired) electrons. The van der Waals surface area contributed by atoms with Crippen LogP contribution in [0.1, 0.15) is 13.8 Å². The molecule has 13 heteroatoms. The summed E-state index contributed by atoms with van der Waals surface area (Å²) in [5.74, 6) is 1.29. The van der Waals surface area contributed by atoms with Crippen molar-refractivity contribution in [3.8, 4) is 5.75 Å². The molecule has 1 heterocycles. The van der Waals surface area contributed by atoms with Crippen molar-refractivity contribution in [2.24, 2.45) is 0 Å². The number of ether oxygens (including phenoxy) is 1. The number of hydrogen-bond acceptors (Lipinski definition) is 8. The van der Waals surface area contributed by atoms with E-state index in [2.05, 4.69) is 0 Å². The van der Waals surface area contributed by atoms with Crippen molar-refractivity contribution in [1.29, 1.82) is 5.41 Å². The molecule has 0 amide bonds. The lowest BCUT2D eigenvalue weighted by Crippen LogP contribution is -2.23. The van der Waals surface area contributed by atoms with Crippen molar-refractivity contribution in [2.75, 3.05) is 41.5 Å². The van der Waals surface area contributed by atoms with Crippen molar-refractivity contribution in [3.05, 3.63) is 18.2 Å². The van der Waals surface area contributed by atoms with Crippen LogP contribution in [-0.2, 0) is 20.2 Å². The number of thioether (sulfide) groups is 1. The predicted molar refractivity (Wildman–Crippen MR) is 109 cm³/mol. The molecule has 156 valence electrons.